The van der Waals surface area contributed by atoms with Crippen molar-refractivity contribution in [2.75, 3.05) is 14.2 Å². The molecule has 0 aliphatic rings. The van der Waals surface area contributed by atoms with Gasteiger partial charge in [0.25, 0.3) is 0 Å². The third kappa shape index (κ3) is 3.81. The number of nitriles is 1. The Balaban J connectivity index is 3.03. The van der Waals surface area contributed by atoms with Crippen molar-refractivity contribution in [3.63, 3.8) is 0 Å². The van der Waals surface area contributed by atoms with Gasteiger partial charge in [-0.1, -0.05) is 19.9 Å². The number of benzene rings is 1. The maximum Gasteiger partial charge on any atom is 0.161 e. The molecule has 0 amide bonds. The van der Waals surface area contributed by atoms with Gasteiger partial charge < -0.3 is 9.47 Å². The van der Waals surface area contributed by atoms with Gasteiger partial charge in [-0.3, -0.25) is 0 Å². The van der Waals surface area contributed by atoms with E-state index in [0.717, 1.165) is 17.6 Å². The lowest BCUT2D eigenvalue weighted by molar-refractivity contribution is 0.355. The molecule has 0 fully saturated rings. The second kappa shape index (κ2) is 6.70. The van der Waals surface area contributed by atoms with Crippen molar-refractivity contribution >= 4 is 6.08 Å². The molecule has 0 heterocycles. The molecule has 0 aliphatic heterocycles. The van der Waals surface area contributed by atoms with Gasteiger partial charge in [-0.15, -0.1) is 0 Å². The molecular formula is C15H19NO2. The Labute approximate surface area is 109 Å². The fourth-order valence-electron chi connectivity index (χ4n) is 1.72. The monoisotopic (exact) mass is 245 g/mol. The highest BCUT2D eigenvalue weighted by molar-refractivity contribution is 5.60. The highest BCUT2D eigenvalue weighted by atomic mass is 16.5. The predicted molar refractivity (Wildman–Crippen MR) is 72.6 cm³/mol. The van der Waals surface area contributed by atoms with Crippen LogP contribution in [0.2, 0.25) is 0 Å². The molecule has 0 saturated heterocycles. The average Bonchev–Trinajstić information content (AvgIpc) is 2.37. The van der Waals surface area contributed by atoms with Gasteiger partial charge in [0, 0.05) is 5.57 Å². The molecule has 96 valence electrons. The van der Waals surface area contributed by atoms with Crippen LogP contribution in [0.1, 0.15) is 25.8 Å². The largest absolute Gasteiger partial charge is 0.493 e. The minimum atomic E-state index is 0.469. The fraction of sp³-hybridized carbons (Fsp3) is 0.400. The molecule has 3 heteroatoms. The lowest BCUT2D eigenvalue weighted by atomic mass is 10.0. The van der Waals surface area contributed by atoms with Crippen molar-refractivity contribution < 1.29 is 9.47 Å². The van der Waals surface area contributed by atoms with Crippen LogP contribution in [-0.2, 0) is 0 Å². The Morgan fingerprint density at radius 3 is 2.44 bits per heavy atom. The van der Waals surface area contributed by atoms with Gasteiger partial charge in [0.1, 0.15) is 0 Å². The SMILES string of the molecule is COc1ccc(/C=C(\C#N)CC(C)C)cc1OC. The average molecular weight is 245 g/mol. The number of methoxy groups -OCH3 is 2. The summed E-state index contributed by atoms with van der Waals surface area (Å²) in [5.74, 6) is 1.83. The van der Waals surface area contributed by atoms with E-state index in [-0.39, 0.29) is 0 Å². The Bertz CT molecular complexity index is 470. The van der Waals surface area contributed by atoms with E-state index in [1.54, 1.807) is 14.2 Å². The molecule has 0 aliphatic carbocycles. The molecule has 0 N–H and O–H groups in total. The zero-order valence-corrected chi connectivity index (χ0v) is 11.4. The van der Waals surface area contributed by atoms with Crippen molar-refractivity contribution in [1.82, 2.24) is 0 Å². The summed E-state index contributed by atoms with van der Waals surface area (Å²) in [7, 11) is 3.21. The van der Waals surface area contributed by atoms with Gasteiger partial charge in [0.15, 0.2) is 11.5 Å². The maximum absolute atomic E-state index is 9.09. The van der Waals surface area contributed by atoms with E-state index in [9.17, 15) is 0 Å². The second-order valence-electron chi connectivity index (χ2n) is 4.49. The van der Waals surface area contributed by atoms with Crippen molar-refractivity contribution in [2.24, 2.45) is 5.92 Å². The number of nitrogens with zero attached hydrogens (tertiary/aromatic N) is 1. The first-order valence-electron chi connectivity index (χ1n) is 5.93. The van der Waals surface area contributed by atoms with E-state index in [2.05, 4.69) is 19.9 Å². The molecule has 1 rings (SSSR count). The van der Waals surface area contributed by atoms with Gasteiger partial charge in [0.2, 0.25) is 0 Å². The first-order chi connectivity index (χ1) is 8.60. The lowest BCUT2D eigenvalue weighted by Gasteiger charge is -2.08. The summed E-state index contributed by atoms with van der Waals surface area (Å²) in [6.45, 7) is 4.19. The Morgan fingerprint density at radius 1 is 1.28 bits per heavy atom. The van der Waals surface area contributed by atoms with E-state index in [1.807, 2.05) is 24.3 Å². The van der Waals surface area contributed by atoms with Gasteiger partial charge in [-0.2, -0.15) is 5.26 Å². The first kappa shape index (κ1) is 14.1. The first-order valence-corrected chi connectivity index (χ1v) is 5.93. The molecule has 1 aromatic carbocycles. The predicted octanol–water partition coefficient (Wildman–Crippen LogP) is 3.66. The van der Waals surface area contributed by atoms with E-state index in [1.165, 1.54) is 0 Å². The summed E-state index contributed by atoms with van der Waals surface area (Å²) in [5, 5.41) is 9.09. The van der Waals surface area contributed by atoms with E-state index in [4.69, 9.17) is 14.7 Å². The van der Waals surface area contributed by atoms with Gasteiger partial charge in [0.05, 0.1) is 20.3 Å². The van der Waals surface area contributed by atoms with E-state index >= 15 is 0 Å². The van der Waals surface area contributed by atoms with Gasteiger partial charge >= 0.3 is 0 Å². The zero-order chi connectivity index (χ0) is 13.5. The van der Waals surface area contributed by atoms with Gasteiger partial charge in [-0.25, -0.2) is 0 Å². The molecule has 3 nitrogen and oxygen atoms in total. The summed E-state index contributed by atoms with van der Waals surface area (Å²) in [4.78, 5) is 0. The highest BCUT2D eigenvalue weighted by Gasteiger charge is 2.05. The molecule has 0 saturated carbocycles. The molecule has 18 heavy (non-hydrogen) atoms. The van der Waals surface area contributed by atoms with Crippen molar-refractivity contribution in [3.05, 3.63) is 29.3 Å². The van der Waals surface area contributed by atoms with E-state index < -0.39 is 0 Å². The van der Waals surface area contributed by atoms with Crippen LogP contribution in [-0.4, -0.2) is 14.2 Å². The number of ether oxygens (including phenoxy) is 2. The number of hydrogen-bond donors (Lipinski definition) is 0. The molecule has 1 aromatic rings. The molecule has 0 aromatic heterocycles. The Morgan fingerprint density at radius 2 is 1.94 bits per heavy atom. The minimum absolute atomic E-state index is 0.469. The molecule has 0 radical (unpaired) electrons. The van der Waals surface area contributed by atoms with Crippen LogP contribution in [0.4, 0.5) is 0 Å². The van der Waals surface area contributed by atoms with Gasteiger partial charge in [-0.05, 0) is 36.1 Å². The summed E-state index contributed by atoms with van der Waals surface area (Å²) in [5.41, 5.74) is 1.72. The molecule has 0 unspecified atom stereocenters. The number of allylic oxidation sites excluding steroid dienone is 1. The zero-order valence-electron chi connectivity index (χ0n) is 11.4. The van der Waals surface area contributed by atoms with Crippen LogP contribution in [0, 0.1) is 17.2 Å². The van der Waals surface area contributed by atoms with Crippen LogP contribution < -0.4 is 9.47 Å². The molecular weight excluding hydrogens is 226 g/mol. The standard InChI is InChI=1S/C15H19NO2/c1-11(2)7-13(10-16)8-12-5-6-14(17-3)15(9-12)18-4/h5-6,8-9,11H,7H2,1-4H3/b13-8-. The second-order valence-corrected chi connectivity index (χ2v) is 4.49. The van der Waals surface area contributed by atoms with Crippen LogP contribution in [0.15, 0.2) is 23.8 Å². The molecule has 0 atom stereocenters. The fourth-order valence-corrected chi connectivity index (χ4v) is 1.72. The Kier molecular flexibility index (Phi) is 5.26. The number of rotatable bonds is 5. The highest BCUT2D eigenvalue weighted by Crippen LogP contribution is 2.28. The maximum atomic E-state index is 9.09. The Hall–Kier alpha value is -1.95. The summed E-state index contributed by atoms with van der Waals surface area (Å²) in [6, 6.07) is 7.87. The van der Waals surface area contributed by atoms with Crippen LogP contribution in [0.25, 0.3) is 6.08 Å². The normalized spacial score (nSPS) is 11.2. The smallest absolute Gasteiger partial charge is 0.161 e. The van der Waals surface area contributed by atoms with Crippen molar-refractivity contribution in [3.8, 4) is 17.6 Å². The van der Waals surface area contributed by atoms with Crippen LogP contribution >= 0.6 is 0 Å². The van der Waals surface area contributed by atoms with Crippen LogP contribution in [0.5, 0.6) is 11.5 Å². The third-order valence-electron chi connectivity index (χ3n) is 2.52. The van der Waals surface area contributed by atoms with E-state index in [0.29, 0.717) is 17.4 Å². The van der Waals surface area contributed by atoms with Crippen molar-refractivity contribution in [2.45, 2.75) is 20.3 Å². The lowest BCUT2D eigenvalue weighted by Crippen LogP contribution is -1.92. The number of hydrogen-bond acceptors (Lipinski definition) is 3. The van der Waals surface area contributed by atoms with Crippen LogP contribution in [0.3, 0.4) is 0 Å². The summed E-state index contributed by atoms with van der Waals surface area (Å²) >= 11 is 0. The molecule has 0 bridgehead atoms. The summed E-state index contributed by atoms with van der Waals surface area (Å²) < 4.78 is 10.4. The quantitative estimate of drug-likeness (QED) is 0.743. The molecule has 0 spiro atoms. The summed E-state index contributed by atoms with van der Waals surface area (Å²) in [6.07, 6.45) is 2.67. The topological polar surface area (TPSA) is 42.2 Å². The minimum Gasteiger partial charge on any atom is -0.493 e. The third-order valence-corrected chi connectivity index (χ3v) is 2.52. The van der Waals surface area contributed by atoms with Crippen molar-refractivity contribution in [1.29, 1.82) is 5.26 Å².